The van der Waals surface area contributed by atoms with Gasteiger partial charge in [0.25, 0.3) is 0 Å². The molecule has 3 rings (SSSR count). The van der Waals surface area contributed by atoms with Gasteiger partial charge in [0.15, 0.2) is 11.5 Å². The molecule has 0 N–H and O–H groups in total. The van der Waals surface area contributed by atoms with E-state index in [9.17, 15) is 9.59 Å². The van der Waals surface area contributed by atoms with E-state index in [1.165, 1.54) is 0 Å². The molecule has 5 nitrogen and oxygen atoms in total. The largest absolute Gasteiger partial charge is 0.454 e. The Morgan fingerprint density at radius 1 is 1.37 bits per heavy atom. The standard InChI is InChI=1S/C14H14NO4/c16-8-11-2-1-5-15(11)14(17)7-10-3-4-12-13(6-10)19-9-18-12/h3-4,6,11H,1-2,5,7,9H2/t11-/m0/s1. The van der Waals surface area contributed by atoms with Crippen LogP contribution < -0.4 is 9.47 Å². The minimum absolute atomic E-state index is 0.0373. The number of hydrogen-bond donors (Lipinski definition) is 0. The molecule has 1 amide bonds. The molecular weight excluding hydrogens is 246 g/mol. The maximum Gasteiger partial charge on any atom is 0.231 e. The molecule has 0 spiro atoms. The minimum atomic E-state index is -0.374. The molecule has 0 bridgehead atoms. The first-order valence-electron chi connectivity index (χ1n) is 6.33. The number of likely N-dealkylation sites (tertiary alicyclic amines) is 1. The molecule has 0 saturated carbocycles. The highest BCUT2D eigenvalue weighted by atomic mass is 16.7. The number of fused-ring (bicyclic) bond motifs is 1. The lowest BCUT2D eigenvalue weighted by atomic mass is 10.1. The molecule has 19 heavy (non-hydrogen) atoms. The Balaban J connectivity index is 1.71. The highest BCUT2D eigenvalue weighted by Gasteiger charge is 2.29. The maximum absolute atomic E-state index is 12.2. The number of ether oxygens (including phenoxy) is 2. The molecule has 2 heterocycles. The van der Waals surface area contributed by atoms with Crippen molar-refractivity contribution in [1.82, 2.24) is 4.90 Å². The number of amides is 1. The van der Waals surface area contributed by atoms with E-state index in [1.54, 1.807) is 11.0 Å². The first kappa shape index (κ1) is 12.0. The zero-order chi connectivity index (χ0) is 13.2. The Morgan fingerprint density at radius 2 is 2.21 bits per heavy atom. The van der Waals surface area contributed by atoms with Crippen LogP contribution in [0.1, 0.15) is 18.4 Å². The summed E-state index contributed by atoms with van der Waals surface area (Å²) >= 11 is 0. The van der Waals surface area contributed by atoms with Crippen LogP contribution in [0.3, 0.4) is 0 Å². The van der Waals surface area contributed by atoms with Gasteiger partial charge in [0, 0.05) is 6.54 Å². The van der Waals surface area contributed by atoms with E-state index >= 15 is 0 Å². The van der Waals surface area contributed by atoms with Crippen molar-refractivity contribution in [2.24, 2.45) is 0 Å². The van der Waals surface area contributed by atoms with Crippen molar-refractivity contribution in [2.45, 2.75) is 25.3 Å². The topological polar surface area (TPSA) is 55.8 Å². The van der Waals surface area contributed by atoms with E-state index in [2.05, 4.69) is 0 Å². The molecular formula is C14H14NO4. The Kier molecular flexibility index (Phi) is 3.11. The maximum atomic E-state index is 12.2. The van der Waals surface area contributed by atoms with Gasteiger partial charge in [-0.1, -0.05) is 6.07 Å². The average Bonchev–Trinajstić information content (AvgIpc) is 3.06. The Bertz CT molecular complexity index is 514. The molecule has 1 saturated heterocycles. The zero-order valence-electron chi connectivity index (χ0n) is 10.4. The van der Waals surface area contributed by atoms with E-state index in [0.717, 1.165) is 18.4 Å². The van der Waals surface area contributed by atoms with Crippen molar-refractivity contribution >= 4 is 12.2 Å². The number of nitrogens with zero attached hydrogens (tertiary/aromatic N) is 1. The fourth-order valence-electron chi connectivity index (χ4n) is 2.51. The number of carbonyl (C=O) groups excluding carboxylic acids is 2. The van der Waals surface area contributed by atoms with E-state index in [-0.39, 0.29) is 25.2 Å². The second-order valence-electron chi connectivity index (χ2n) is 4.73. The van der Waals surface area contributed by atoms with Gasteiger partial charge in [-0.25, -0.2) is 0 Å². The van der Waals surface area contributed by atoms with Crippen LogP contribution in [0.4, 0.5) is 0 Å². The molecule has 5 heteroatoms. The van der Waals surface area contributed by atoms with Crippen molar-refractivity contribution in [3.63, 3.8) is 0 Å². The predicted molar refractivity (Wildman–Crippen MR) is 66.7 cm³/mol. The van der Waals surface area contributed by atoms with Crippen molar-refractivity contribution in [3.8, 4) is 11.5 Å². The van der Waals surface area contributed by atoms with Crippen LogP contribution in [0.25, 0.3) is 0 Å². The normalized spacial score (nSPS) is 20.6. The second-order valence-corrected chi connectivity index (χ2v) is 4.73. The van der Waals surface area contributed by atoms with Crippen LogP contribution in [0, 0.1) is 0 Å². The molecule has 2 aliphatic rings. The first-order valence-corrected chi connectivity index (χ1v) is 6.33. The highest BCUT2D eigenvalue weighted by molar-refractivity contribution is 5.82. The van der Waals surface area contributed by atoms with E-state index < -0.39 is 0 Å². The van der Waals surface area contributed by atoms with Crippen molar-refractivity contribution in [1.29, 1.82) is 0 Å². The predicted octanol–water partition coefficient (Wildman–Crippen LogP) is 1.06. The average molecular weight is 260 g/mol. The van der Waals surface area contributed by atoms with Crippen LogP contribution in [0.2, 0.25) is 0 Å². The molecule has 1 fully saturated rings. The zero-order valence-corrected chi connectivity index (χ0v) is 10.4. The number of rotatable bonds is 3. The summed E-state index contributed by atoms with van der Waals surface area (Å²) in [6.07, 6.45) is 3.79. The summed E-state index contributed by atoms with van der Waals surface area (Å²) in [6.45, 7) is 0.865. The summed E-state index contributed by atoms with van der Waals surface area (Å²) in [5.74, 6) is 1.34. The number of hydrogen-bond acceptors (Lipinski definition) is 4. The Hall–Kier alpha value is -2.04. The smallest absolute Gasteiger partial charge is 0.231 e. The van der Waals surface area contributed by atoms with Crippen molar-refractivity contribution in [2.75, 3.05) is 13.3 Å². The molecule has 99 valence electrons. The van der Waals surface area contributed by atoms with Crippen molar-refractivity contribution in [3.05, 3.63) is 23.8 Å². The van der Waals surface area contributed by atoms with Gasteiger partial charge < -0.3 is 14.4 Å². The van der Waals surface area contributed by atoms with E-state index in [0.29, 0.717) is 18.0 Å². The van der Waals surface area contributed by atoms with Gasteiger partial charge in [-0.05, 0) is 30.5 Å². The summed E-state index contributed by atoms with van der Waals surface area (Å²) < 4.78 is 10.5. The molecule has 1 aromatic rings. The van der Waals surface area contributed by atoms with Crippen LogP contribution in [-0.4, -0.2) is 36.5 Å². The van der Waals surface area contributed by atoms with Crippen LogP contribution in [0.5, 0.6) is 11.5 Å². The fourth-order valence-corrected chi connectivity index (χ4v) is 2.51. The lowest BCUT2D eigenvalue weighted by Crippen LogP contribution is -2.37. The lowest BCUT2D eigenvalue weighted by molar-refractivity contribution is -0.130. The number of benzene rings is 1. The Morgan fingerprint density at radius 3 is 3.05 bits per heavy atom. The lowest BCUT2D eigenvalue weighted by Gasteiger charge is -2.19. The van der Waals surface area contributed by atoms with Gasteiger partial charge >= 0.3 is 0 Å². The Labute approximate surface area is 111 Å². The highest BCUT2D eigenvalue weighted by Crippen LogP contribution is 2.32. The number of carbonyl (C=O) groups is 1. The molecule has 2 aliphatic heterocycles. The van der Waals surface area contributed by atoms with Gasteiger partial charge in [-0.2, -0.15) is 0 Å². The SMILES string of the molecule is O=[C][C@@H]1CCCN1C(=O)Cc1ccc2c(c1)OCO2. The molecule has 0 aromatic heterocycles. The third kappa shape index (κ3) is 2.28. The molecule has 1 aromatic carbocycles. The fraction of sp³-hybridized carbons (Fsp3) is 0.429. The van der Waals surface area contributed by atoms with Gasteiger partial charge in [0.2, 0.25) is 19.0 Å². The summed E-state index contributed by atoms with van der Waals surface area (Å²) in [6, 6.07) is 5.09. The van der Waals surface area contributed by atoms with E-state index in [1.807, 2.05) is 18.4 Å². The van der Waals surface area contributed by atoms with Gasteiger partial charge in [-0.15, -0.1) is 0 Å². The van der Waals surface area contributed by atoms with Crippen LogP contribution in [-0.2, 0) is 16.0 Å². The molecule has 1 atom stereocenters. The van der Waals surface area contributed by atoms with Crippen LogP contribution in [0.15, 0.2) is 18.2 Å². The summed E-state index contributed by atoms with van der Waals surface area (Å²) in [5, 5.41) is 0. The van der Waals surface area contributed by atoms with Gasteiger partial charge in [0.1, 0.15) is 0 Å². The first-order chi connectivity index (χ1) is 9.28. The third-order valence-corrected chi connectivity index (χ3v) is 3.50. The third-order valence-electron chi connectivity index (χ3n) is 3.50. The molecule has 1 radical (unpaired) electrons. The monoisotopic (exact) mass is 260 g/mol. The minimum Gasteiger partial charge on any atom is -0.454 e. The van der Waals surface area contributed by atoms with Crippen molar-refractivity contribution < 1.29 is 19.1 Å². The summed E-state index contributed by atoms with van der Waals surface area (Å²) in [7, 11) is 0. The summed E-state index contributed by atoms with van der Waals surface area (Å²) in [5.41, 5.74) is 0.866. The van der Waals surface area contributed by atoms with E-state index in [4.69, 9.17) is 9.47 Å². The van der Waals surface area contributed by atoms with Gasteiger partial charge in [0.05, 0.1) is 12.5 Å². The quantitative estimate of drug-likeness (QED) is 0.815. The van der Waals surface area contributed by atoms with Crippen LogP contribution >= 0.6 is 0 Å². The molecule has 0 unspecified atom stereocenters. The summed E-state index contributed by atoms with van der Waals surface area (Å²) in [4.78, 5) is 24.5. The second kappa shape index (κ2) is 4.91. The van der Waals surface area contributed by atoms with Gasteiger partial charge in [-0.3, -0.25) is 9.59 Å². The molecule has 0 aliphatic carbocycles.